The fourth-order valence-electron chi connectivity index (χ4n) is 1.65. The smallest absolute Gasteiger partial charge is 0.272 e. The molecular formula is C11H14N2O3. The summed E-state index contributed by atoms with van der Waals surface area (Å²) in [4.78, 5) is 21.0. The number of nitro groups is 1. The molecule has 86 valence electrons. The van der Waals surface area contributed by atoms with Gasteiger partial charge in [-0.15, -0.1) is 0 Å². The molecule has 16 heavy (non-hydrogen) atoms. The molecule has 0 bridgehead atoms. The lowest BCUT2D eigenvalue weighted by Gasteiger charge is -2.09. The van der Waals surface area contributed by atoms with E-state index in [9.17, 15) is 14.9 Å². The highest BCUT2D eigenvalue weighted by molar-refractivity contribution is 5.74. The molecule has 1 aromatic rings. The van der Waals surface area contributed by atoms with Crippen LogP contribution < -0.4 is 5.73 Å². The lowest BCUT2D eigenvalue weighted by Crippen LogP contribution is -2.16. The van der Waals surface area contributed by atoms with E-state index < -0.39 is 4.92 Å². The molecule has 5 nitrogen and oxygen atoms in total. The molecule has 1 unspecified atom stereocenters. The highest BCUT2D eigenvalue weighted by atomic mass is 16.6. The average molecular weight is 222 g/mol. The summed E-state index contributed by atoms with van der Waals surface area (Å²) in [5.74, 6) is -0.371. The van der Waals surface area contributed by atoms with Crippen molar-refractivity contribution in [2.24, 2.45) is 11.7 Å². The zero-order valence-corrected chi connectivity index (χ0v) is 9.05. The van der Waals surface area contributed by atoms with Gasteiger partial charge in [-0.1, -0.05) is 25.1 Å². The van der Waals surface area contributed by atoms with Crippen molar-refractivity contribution < 1.29 is 9.72 Å². The Morgan fingerprint density at radius 1 is 1.50 bits per heavy atom. The van der Waals surface area contributed by atoms with Crippen LogP contribution in [0.1, 0.15) is 18.9 Å². The molecule has 0 aliphatic rings. The van der Waals surface area contributed by atoms with Crippen LogP contribution >= 0.6 is 0 Å². The molecule has 0 saturated heterocycles. The third kappa shape index (κ3) is 3.34. The Labute approximate surface area is 93.4 Å². The zero-order valence-electron chi connectivity index (χ0n) is 9.05. The first-order valence-electron chi connectivity index (χ1n) is 5.01. The Hall–Kier alpha value is -1.91. The summed E-state index contributed by atoms with van der Waals surface area (Å²) in [5, 5.41) is 10.7. The van der Waals surface area contributed by atoms with Crippen LogP contribution in [0.5, 0.6) is 0 Å². The lowest BCUT2D eigenvalue weighted by atomic mass is 9.97. The molecule has 0 aromatic heterocycles. The van der Waals surface area contributed by atoms with E-state index in [4.69, 9.17) is 5.73 Å². The summed E-state index contributed by atoms with van der Waals surface area (Å²) < 4.78 is 0. The number of nitrogens with two attached hydrogens (primary N) is 1. The average Bonchev–Trinajstić information content (AvgIpc) is 2.16. The molecule has 0 aliphatic heterocycles. The van der Waals surface area contributed by atoms with Gasteiger partial charge in [-0.2, -0.15) is 0 Å². The number of para-hydroxylation sites is 1. The molecule has 0 aliphatic carbocycles. The van der Waals surface area contributed by atoms with E-state index in [2.05, 4.69) is 0 Å². The molecule has 0 fully saturated rings. The summed E-state index contributed by atoms with van der Waals surface area (Å²) in [5.41, 5.74) is 5.81. The number of nitrogens with zero attached hydrogens (tertiary/aromatic N) is 1. The number of benzene rings is 1. The maximum Gasteiger partial charge on any atom is 0.272 e. The quantitative estimate of drug-likeness (QED) is 0.607. The number of amides is 1. The van der Waals surface area contributed by atoms with Gasteiger partial charge in [-0.25, -0.2) is 0 Å². The molecule has 1 atom stereocenters. The predicted molar refractivity (Wildman–Crippen MR) is 59.8 cm³/mol. The van der Waals surface area contributed by atoms with Crippen molar-refractivity contribution in [3.63, 3.8) is 0 Å². The van der Waals surface area contributed by atoms with Gasteiger partial charge >= 0.3 is 0 Å². The Morgan fingerprint density at radius 3 is 2.69 bits per heavy atom. The Balaban J connectivity index is 2.80. The van der Waals surface area contributed by atoms with E-state index >= 15 is 0 Å². The lowest BCUT2D eigenvalue weighted by molar-refractivity contribution is -0.385. The van der Waals surface area contributed by atoms with Crippen LogP contribution in [0.2, 0.25) is 0 Å². The number of carbonyl (C=O) groups excluding carboxylic acids is 1. The van der Waals surface area contributed by atoms with Crippen LogP contribution in [-0.2, 0) is 11.2 Å². The van der Waals surface area contributed by atoms with Crippen LogP contribution in [0.15, 0.2) is 24.3 Å². The number of rotatable bonds is 5. The Kier molecular flexibility index (Phi) is 3.99. The fraction of sp³-hybridized carbons (Fsp3) is 0.364. The van der Waals surface area contributed by atoms with Crippen molar-refractivity contribution in [3.8, 4) is 0 Å². The molecule has 0 saturated carbocycles. The van der Waals surface area contributed by atoms with Crippen LogP contribution in [0.25, 0.3) is 0 Å². The molecule has 0 spiro atoms. The number of nitro benzene ring substituents is 1. The van der Waals surface area contributed by atoms with Crippen LogP contribution in [0.3, 0.4) is 0 Å². The second-order valence-electron chi connectivity index (χ2n) is 3.87. The maximum atomic E-state index is 10.7. The SMILES string of the molecule is CC(CC(N)=O)Cc1ccccc1[N+](=O)[O-]. The number of carbonyl (C=O) groups is 1. The van der Waals surface area contributed by atoms with Gasteiger partial charge in [-0.05, 0) is 12.3 Å². The minimum absolute atomic E-state index is 0.0126. The zero-order chi connectivity index (χ0) is 12.1. The summed E-state index contributed by atoms with van der Waals surface area (Å²) in [7, 11) is 0. The van der Waals surface area contributed by atoms with Crippen LogP contribution in [0, 0.1) is 16.0 Å². The van der Waals surface area contributed by atoms with Gasteiger partial charge in [-0.3, -0.25) is 14.9 Å². The normalized spacial score (nSPS) is 12.1. The van der Waals surface area contributed by atoms with Crippen molar-refractivity contribution >= 4 is 11.6 Å². The van der Waals surface area contributed by atoms with E-state index in [-0.39, 0.29) is 23.9 Å². The second-order valence-corrected chi connectivity index (χ2v) is 3.87. The van der Waals surface area contributed by atoms with Crippen molar-refractivity contribution in [2.75, 3.05) is 0 Å². The highest BCUT2D eigenvalue weighted by Crippen LogP contribution is 2.21. The van der Waals surface area contributed by atoms with Gasteiger partial charge in [0.15, 0.2) is 0 Å². The maximum absolute atomic E-state index is 10.7. The monoisotopic (exact) mass is 222 g/mol. The molecule has 0 radical (unpaired) electrons. The predicted octanol–water partition coefficient (Wildman–Crippen LogP) is 1.65. The number of primary amides is 1. The van der Waals surface area contributed by atoms with Crippen LogP contribution in [-0.4, -0.2) is 10.8 Å². The van der Waals surface area contributed by atoms with E-state index in [1.54, 1.807) is 18.2 Å². The molecule has 0 heterocycles. The van der Waals surface area contributed by atoms with Gasteiger partial charge in [0.05, 0.1) is 4.92 Å². The molecule has 1 rings (SSSR count). The second kappa shape index (κ2) is 5.25. The fourth-order valence-corrected chi connectivity index (χ4v) is 1.65. The van der Waals surface area contributed by atoms with Gasteiger partial charge in [0, 0.05) is 18.1 Å². The van der Waals surface area contributed by atoms with E-state index in [0.29, 0.717) is 12.0 Å². The third-order valence-electron chi connectivity index (χ3n) is 2.31. The van der Waals surface area contributed by atoms with Crippen molar-refractivity contribution in [1.82, 2.24) is 0 Å². The molecule has 5 heteroatoms. The van der Waals surface area contributed by atoms with Crippen molar-refractivity contribution in [1.29, 1.82) is 0 Å². The minimum Gasteiger partial charge on any atom is -0.370 e. The van der Waals surface area contributed by atoms with Crippen molar-refractivity contribution in [2.45, 2.75) is 19.8 Å². The topological polar surface area (TPSA) is 86.2 Å². The minimum atomic E-state index is -0.410. The molecular weight excluding hydrogens is 208 g/mol. The van der Waals surface area contributed by atoms with E-state index in [1.807, 2.05) is 6.92 Å². The number of hydrogen-bond donors (Lipinski definition) is 1. The van der Waals surface area contributed by atoms with Crippen molar-refractivity contribution in [3.05, 3.63) is 39.9 Å². The Bertz CT molecular complexity index is 404. The number of hydrogen-bond acceptors (Lipinski definition) is 3. The van der Waals surface area contributed by atoms with Gasteiger partial charge in [0.2, 0.25) is 5.91 Å². The summed E-state index contributed by atoms with van der Waals surface area (Å²) >= 11 is 0. The molecule has 2 N–H and O–H groups in total. The van der Waals surface area contributed by atoms with Crippen LogP contribution in [0.4, 0.5) is 5.69 Å². The van der Waals surface area contributed by atoms with E-state index in [1.165, 1.54) is 6.07 Å². The van der Waals surface area contributed by atoms with E-state index in [0.717, 1.165) is 0 Å². The first-order valence-corrected chi connectivity index (χ1v) is 5.01. The summed E-state index contributed by atoms with van der Waals surface area (Å²) in [6, 6.07) is 6.54. The van der Waals surface area contributed by atoms with Gasteiger partial charge in [0.25, 0.3) is 5.69 Å². The third-order valence-corrected chi connectivity index (χ3v) is 2.31. The molecule has 1 amide bonds. The van der Waals surface area contributed by atoms with Gasteiger partial charge in [0.1, 0.15) is 0 Å². The Morgan fingerprint density at radius 2 is 2.12 bits per heavy atom. The largest absolute Gasteiger partial charge is 0.370 e. The summed E-state index contributed by atoms with van der Waals surface area (Å²) in [6.45, 7) is 1.85. The van der Waals surface area contributed by atoms with Gasteiger partial charge < -0.3 is 5.73 Å². The standard InChI is InChI=1S/C11H14N2O3/c1-8(7-11(12)14)6-9-4-2-3-5-10(9)13(15)16/h2-5,8H,6-7H2,1H3,(H2,12,14). The molecule has 1 aromatic carbocycles. The highest BCUT2D eigenvalue weighted by Gasteiger charge is 2.15. The summed E-state index contributed by atoms with van der Waals surface area (Å²) in [6.07, 6.45) is 0.728. The first kappa shape index (κ1) is 12.2. The first-order chi connectivity index (χ1) is 7.50.